The fourth-order valence-electron chi connectivity index (χ4n) is 2.68. The molecule has 1 fully saturated rings. The number of aliphatic hydroxyl groups excluding tert-OH is 1. The lowest BCUT2D eigenvalue weighted by atomic mass is 9.65. The van der Waals surface area contributed by atoms with Crippen molar-refractivity contribution in [3.8, 4) is 0 Å². The zero-order valence-electron chi connectivity index (χ0n) is 11.1. The molecule has 0 amide bonds. The van der Waals surface area contributed by atoms with Gasteiger partial charge in [-0.3, -0.25) is 9.59 Å². The fourth-order valence-corrected chi connectivity index (χ4v) is 2.68. The van der Waals surface area contributed by atoms with Gasteiger partial charge in [-0.2, -0.15) is 13.2 Å². The van der Waals surface area contributed by atoms with E-state index in [-0.39, 0.29) is 0 Å². The molecule has 0 radical (unpaired) electrons. The van der Waals surface area contributed by atoms with E-state index in [1.54, 1.807) is 0 Å². The third kappa shape index (κ3) is 2.12. The summed E-state index contributed by atoms with van der Waals surface area (Å²) in [6.45, 7) is 3.73. The normalized spacial score (nSPS) is 32.0. The molecule has 1 rings (SSSR count). The number of rotatable bonds is 2. The monoisotopic (exact) mass is 296 g/mol. The zero-order valence-corrected chi connectivity index (χ0v) is 11.1. The lowest BCUT2D eigenvalue weighted by Crippen LogP contribution is -2.42. The molecule has 0 aromatic heterocycles. The number of hydrogen-bond acceptors (Lipinski definition) is 3. The Morgan fingerprint density at radius 3 is 1.90 bits per heavy atom. The van der Waals surface area contributed by atoms with Crippen LogP contribution in [0.3, 0.4) is 0 Å². The van der Waals surface area contributed by atoms with Gasteiger partial charge in [0.05, 0.1) is 11.3 Å². The maximum Gasteiger partial charge on any atom is 0.448 e. The Balaban J connectivity index is 3.58. The van der Waals surface area contributed by atoms with Crippen molar-refractivity contribution in [1.82, 2.24) is 0 Å². The van der Waals surface area contributed by atoms with Gasteiger partial charge in [0.2, 0.25) is 0 Å². The smallest absolute Gasteiger partial charge is 0.448 e. The molecule has 114 valence electrons. The van der Waals surface area contributed by atoms with Crippen LogP contribution in [0.2, 0.25) is 0 Å². The molecule has 1 saturated carbocycles. The summed E-state index contributed by atoms with van der Waals surface area (Å²) in [7, 11) is 0. The van der Waals surface area contributed by atoms with Gasteiger partial charge in [-0.1, -0.05) is 13.8 Å². The first-order valence-electron chi connectivity index (χ1n) is 5.72. The van der Waals surface area contributed by atoms with Crippen molar-refractivity contribution in [1.29, 1.82) is 0 Å². The van der Waals surface area contributed by atoms with E-state index < -0.39 is 52.6 Å². The molecule has 3 N–H and O–H groups in total. The van der Waals surface area contributed by atoms with E-state index in [1.165, 1.54) is 20.8 Å². The van der Waals surface area contributed by atoms with Crippen LogP contribution in [0, 0.1) is 16.7 Å². The number of aliphatic carboxylic acids is 2. The molecule has 0 aromatic carbocycles. The minimum absolute atomic E-state index is 0.669. The SMILES string of the molecule is CC1(C(=O)O)CC(=C(O)C(F)(F)F)C(C(=O)O)C1(C)C. The lowest BCUT2D eigenvalue weighted by Gasteiger charge is -2.36. The number of carboxylic acids is 2. The Bertz CT molecular complexity index is 492. The third-order valence-electron chi connectivity index (χ3n) is 4.33. The summed E-state index contributed by atoms with van der Waals surface area (Å²) < 4.78 is 37.8. The van der Waals surface area contributed by atoms with Gasteiger partial charge in [0.15, 0.2) is 5.76 Å². The number of aliphatic hydroxyl groups is 1. The topological polar surface area (TPSA) is 94.8 Å². The van der Waals surface area contributed by atoms with E-state index in [4.69, 9.17) is 5.11 Å². The van der Waals surface area contributed by atoms with E-state index in [0.717, 1.165) is 0 Å². The summed E-state index contributed by atoms with van der Waals surface area (Å²) in [6, 6.07) is 0. The quantitative estimate of drug-likeness (QED) is 0.681. The van der Waals surface area contributed by atoms with E-state index in [9.17, 15) is 33.0 Å². The van der Waals surface area contributed by atoms with Crippen molar-refractivity contribution in [3.05, 3.63) is 11.3 Å². The average molecular weight is 296 g/mol. The Morgan fingerprint density at radius 1 is 1.15 bits per heavy atom. The Morgan fingerprint density at radius 2 is 1.60 bits per heavy atom. The molecular weight excluding hydrogens is 281 g/mol. The summed E-state index contributed by atoms with van der Waals surface area (Å²) in [5, 5.41) is 27.6. The summed E-state index contributed by atoms with van der Waals surface area (Å²) in [5.41, 5.74) is -4.00. The van der Waals surface area contributed by atoms with Crippen LogP contribution in [-0.2, 0) is 9.59 Å². The van der Waals surface area contributed by atoms with Gasteiger partial charge in [0.1, 0.15) is 0 Å². The number of carbonyl (C=O) groups is 2. The highest BCUT2D eigenvalue weighted by molar-refractivity contribution is 5.83. The van der Waals surface area contributed by atoms with E-state index in [0.29, 0.717) is 0 Å². The molecule has 1 aliphatic carbocycles. The van der Waals surface area contributed by atoms with Crippen LogP contribution in [0.4, 0.5) is 13.2 Å². The maximum atomic E-state index is 12.6. The molecule has 0 heterocycles. The second-order valence-corrected chi connectivity index (χ2v) is 5.68. The molecule has 0 aliphatic heterocycles. The van der Waals surface area contributed by atoms with Gasteiger partial charge in [-0.25, -0.2) is 0 Å². The minimum Gasteiger partial charge on any atom is -0.504 e. The molecule has 2 atom stereocenters. The second-order valence-electron chi connectivity index (χ2n) is 5.68. The van der Waals surface area contributed by atoms with Crippen LogP contribution in [0.5, 0.6) is 0 Å². The number of alkyl halides is 3. The molecule has 0 aromatic rings. The molecule has 5 nitrogen and oxygen atoms in total. The standard InChI is InChI=1S/C12H15F3O5/c1-10(2)6(8(17)18)5(7(16)12(13,14)15)4-11(10,3)9(19)20/h6,16H,4H2,1-3H3,(H,17,18)(H,19,20). The molecule has 20 heavy (non-hydrogen) atoms. The van der Waals surface area contributed by atoms with Gasteiger partial charge in [0.25, 0.3) is 0 Å². The van der Waals surface area contributed by atoms with E-state index >= 15 is 0 Å². The molecule has 8 heteroatoms. The first-order chi connectivity index (χ1) is 8.76. The van der Waals surface area contributed by atoms with Crippen LogP contribution in [-0.4, -0.2) is 33.4 Å². The largest absolute Gasteiger partial charge is 0.504 e. The third-order valence-corrected chi connectivity index (χ3v) is 4.33. The molecule has 0 bridgehead atoms. The van der Waals surface area contributed by atoms with E-state index in [1.807, 2.05) is 0 Å². The number of halogens is 3. The van der Waals surface area contributed by atoms with Crippen molar-refractivity contribution < 1.29 is 38.1 Å². The van der Waals surface area contributed by atoms with Crippen LogP contribution < -0.4 is 0 Å². The fraction of sp³-hybridized carbons (Fsp3) is 0.667. The number of allylic oxidation sites excluding steroid dienone is 1. The Hall–Kier alpha value is -1.73. The number of hydrogen-bond donors (Lipinski definition) is 3. The van der Waals surface area contributed by atoms with Gasteiger partial charge in [-0.05, 0) is 24.3 Å². The highest BCUT2D eigenvalue weighted by Gasteiger charge is 2.63. The minimum atomic E-state index is -5.11. The van der Waals surface area contributed by atoms with Crippen LogP contribution in [0.15, 0.2) is 11.3 Å². The highest BCUT2D eigenvalue weighted by atomic mass is 19.4. The Labute approximate surface area is 112 Å². The van der Waals surface area contributed by atoms with Crippen LogP contribution in [0.25, 0.3) is 0 Å². The highest BCUT2D eigenvalue weighted by Crippen LogP contribution is 2.59. The van der Waals surface area contributed by atoms with Gasteiger partial charge >= 0.3 is 18.1 Å². The Kier molecular flexibility index (Phi) is 3.58. The summed E-state index contributed by atoms with van der Waals surface area (Å²) in [6.07, 6.45) is -5.78. The van der Waals surface area contributed by atoms with Crippen molar-refractivity contribution in [3.63, 3.8) is 0 Å². The molecule has 1 aliphatic rings. The molecule has 0 saturated heterocycles. The second kappa shape index (κ2) is 4.39. The first-order valence-corrected chi connectivity index (χ1v) is 5.72. The van der Waals surface area contributed by atoms with Gasteiger partial charge in [0, 0.05) is 0 Å². The zero-order chi connectivity index (χ0) is 16.1. The van der Waals surface area contributed by atoms with E-state index in [2.05, 4.69) is 0 Å². The molecule has 2 unspecified atom stereocenters. The lowest BCUT2D eigenvalue weighted by molar-refractivity contribution is -0.157. The van der Waals surface area contributed by atoms with Crippen molar-refractivity contribution in [2.75, 3.05) is 0 Å². The van der Waals surface area contributed by atoms with Gasteiger partial charge in [-0.15, -0.1) is 0 Å². The van der Waals surface area contributed by atoms with Crippen LogP contribution in [0.1, 0.15) is 27.2 Å². The van der Waals surface area contributed by atoms with Crippen molar-refractivity contribution >= 4 is 11.9 Å². The van der Waals surface area contributed by atoms with Crippen molar-refractivity contribution in [2.24, 2.45) is 16.7 Å². The average Bonchev–Trinajstić information content (AvgIpc) is 2.45. The molecule has 0 spiro atoms. The first kappa shape index (κ1) is 16.3. The van der Waals surface area contributed by atoms with Crippen LogP contribution >= 0.6 is 0 Å². The van der Waals surface area contributed by atoms with Crippen molar-refractivity contribution in [2.45, 2.75) is 33.4 Å². The summed E-state index contributed by atoms with van der Waals surface area (Å²) >= 11 is 0. The maximum absolute atomic E-state index is 12.6. The summed E-state index contributed by atoms with van der Waals surface area (Å²) in [5.74, 6) is -6.72. The predicted molar refractivity (Wildman–Crippen MR) is 61.0 cm³/mol. The molecular formula is C12H15F3O5. The van der Waals surface area contributed by atoms with Gasteiger partial charge < -0.3 is 15.3 Å². The summed E-state index contributed by atoms with van der Waals surface area (Å²) in [4.78, 5) is 22.6. The predicted octanol–water partition coefficient (Wildman–Crippen LogP) is 2.58. The number of carboxylic acid groups (broad SMARTS) is 2.